The fourth-order valence-corrected chi connectivity index (χ4v) is 1.98. The minimum absolute atomic E-state index is 0.625. The van der Waals surface area contributed by atoms with E-state index in [0.29, 0.717) is 6.54 Å². The summed E-state index contributed by atoms with van der Waals surface area (Å²) >= 11 is 0. The number of hydrogen-bond acceptors (Lipinski definition) is 3. The minimum Gasteiger partial charge on any atom is -0.496 e. The minimum atomic E-state index is 0.625. The lowest BCUT2D eigenvalue weighted by molar-refractivity contribution is 0.386. The molecule has 0 bridgehead atoms. The summed E-state index contributed by atoms with van der Waals surface area (Å²) in [7, 11) is 3.32. The van der Waals surface area contributed by atoms with E-state index in [1.807, 2.05) is 42.5 Å². The van der Waals surface area contributed by atoms with Crippen molar-refractivity contribution in [1.82, 2.24) is 0 Å². The quantitative estimate of drug-likeness (QED) is 0.888. The Balaban J connectivity index is 2.21. The molecule has 0 aliphatic heterocycles. The first-order valence-corrected chi connectivity index (χ1v) is 6.11. The summed E-state index contributed by atoms with van der Waals surface area (Å²) in [6.45, 7) is 4.62. The van der Waals surface area contributed by atoms with Gasteiger partial charge in [-0.25, -0.2) is 0 Å². The number of rotatable bonds is 5. The predicted molar refractivity (Wildman–Crippen MR) is 77.8 cm³/mol. The van der Waals surface area contributed by atoms with E-state index in [2.05, 4.69) is 12.2 Å². The molecule has 99 valence electrons. The van der Waals surface area contributed by atoms with Gasteiger partial charge in [-0.1, -0.05) is 24.3 Å². The van der Waals surface area contributed by atoms with Gasteiger partial charge in [0.2, 0.25) is 0 Å². The first-order valence-electron chi connectivity index (χ1n) is 6.11. The lowest BCUT2D eigenvalue weighted by Crippen LogP contribution is -2.04. The molecule has 0 saturated carbocycles. The second kappa shape index (κ2) is 6.14. The molecule has 2 rings (SSSR count). The molecule has 3 nitrogen and oxygen atoms in total. The molecule has 0 fully saturated rings. The van der Waals surface area contributed by atoms with Gasteiger partial charge in [0.05, 0.1) is 19.8 Å². The standard InChI is InChI=1S/C16H18NO2/c1-12-7-4-5-8-14(12)17-11-13-15(18-2)9-6-10-16(13)19-3/h4-10,17H,1,11H2,2-3H3. The third-order valence-corrected chi connectivity index (χ3v) is 3.00. The van der Waals surface area contributed by atoms with E-state index in [1.165, 1.54) is 0 Å². The van der Waals surface area contributed by atoms with Gasteiger partial charge in [-0.05, 0) is 30.7 Å². The van der Waals surface area contributed by atoms with E-state index >= 15 is 0 Å². The molecule has 0 heterocycles. The van der Waals surface area contributed by atoms with Crippen LogP contribution in [0.3, 0.4) is 0 Å². The highest BCUT2D eigenvalue weighted by molar-refractivity contribution is 5.54. The summed E-state index contributed by atoms with van der Waals surface area (Å²) in [6, 6.07) is 13.7. The van der Waals surface area contributed by atoms with Crippen LogP contribution in [0.2, 0.25) is 0 Å². The Labute approximate surface area is 114 Å². The van der Waals surface area contributed by atoms with Crippen molar-refractivity contribution in [3.8, 4) is 11.5 Å². The number of anilines is 1. The largest absolute Gasteiger partial charge is 0.496 e. The topological polar surface area (TPSA) is 30.5 Å². The third-order valence-electron chi connectivity index (χ3n) is 3.00. The molecular formula is C16H18NO2. The van der Waals surface area contributed by atoms with Crippen molar-refractivity contribution < 1.29 is 9.47 Å². The van der Waals surface area contributed by atoms with Crippen LogP contribution in [0, 0.1) is 6.92 Å². The van der Waals surface area contributed by atoms with Crippen LogP contribution in [-0.4, -0.2) is 14.2 Å². The van der Waals surface area contributed by atoms with Gasteiger partial charge in [-0.3, -0.25) is 0 Å². The molecule has 0 unspecified atom stereocenters. The summed E-state index contributed by atoms with van der Waals surface area (Å²) in [5.74, 6) is 1.63. The highest BCUT2D eigenvalue weighted by Crippen LogP contribution is 2.29. The molecule has 3 heteroatoms. The van der Waals surface area contributed by atoms with Gasteiger partial charge in [0, 0.05) is 12.2 Å². The number of para-hydroxylation sites is 1. The smallest absolute Gasteiger partial charge is 0.127 e. The summed E-state index contributed by atoms with van der Waals surface area (Å²) in [5, 5.41) is 3.36. The Morgan fingerprint density at radius 2 is 1.58 bits per heavy atom. The molecule has 0 atom stereocenters. The SMILES string of the molecule is [CH2]c1ccccc1NCc1c(OC)cccc1OC. The van der Waals surface area contributed by atoms with Crippen LogP contribution in [-0.2, 0) is 6.54 Å². The average molecular weight is 256 g/mol. The molecule has 0 aromatic heterocycles. The Bertz CT molecular complexity index is 530. The van der Waals surface area contributed by atoms with E-state index < -0.39 is 0 Å². The van der Waals surface area contributed by atoms with Crippen molar-refractivity contribution in [2.75, 3.05) is 19.5 Å². The number of methoxy groups -OCH3 is 2. The second-order valence-corrected chi connectivity index (χ2v) is 4.15. The molecular weight excluding hydrogens is 238 g/mol. The monoisotopic (exact) mass is 256 g/mol. The lowest BCUT2D eigenvalue weighted by Gasteiger charge is -2.15. The maximum atomic E-state index is 5.37. The summed E-state index contributed by atoms with van der Waals surface area (Å²) in [5.41, 5.74) is 2.97. The maximum absolute atomic E-state index is 5.37. The zero-order chi connectivity index (χ0) is 13.7. The van der Waals surface area contributed by atoms with Crippen molar-refractivity contribution in [3.05, 3.63) is 60.5 Å². The molecule has 0 amide bonds. The van der Waals surface area contributed by atoms with Crippen LogP contribution in [0.1, 0.15) is 11.1 Å². The van der Waals surface area contributed by atoms with Crippen LogP contribution < -0.4 is 14.8 Å². The van der Waals surface area contributed by atoms with Crippen molar-refractivity contribution in [2.24, 2.45) is 0 Å². The summed E-state index contributed by atoms with van der Waals surface area (Å²) in [4.78, 5) is 0. The van der Waals surface area contributed by atoms with Crippen LogP contribution in [0.5, 0.6) is 11.5 Å². The van der Waals surface area contributed by atoms with Crippen LogP contribution in [0.25, 0.3) is 0 Å². The van der Waals surface area contributed by atoms with Crippen molar-refractivity contribution in [3.63, 3.8) is 0 Å². The maximum Gasteiger partial charge on any atom is 0.127 e. The first-order chi connectivity index (χ1) is 9.26. The first kappa shape index (κ1) is 13.3. The van der Waals surface area contributed by atoms with E-state index in [4.69, 9.17) is 9.47 Å². The molecule has 0 spiro atoms. The molecule has 19 heavy (non-hydrogen) atoms. The molecule has 2 aromatic rings. The van der Waals surface area contributed by atoms with E-state index in [0.717, 1.165) is 28.3 Å². The Hall–Kier alpha value is -2.16. The third kappa shape index (κ3) is 2.99. The van der Waals surface area contributed by atoms with E-state index in [-0.39, 0.29) is 0 Å². The van der Waals surface area contributed by atoms with Gasteiger partial charge < -0.3 is 14.8 Å². The number of ether oxygens (including phenoxy) is 2. The second-order valence-electron chi connectivity index (χ2n) is 4.15. The van der Waals surface area contributed by atoms with Gasteiger partial charge in [0.25, 0.3) is 0 Å². The van der Waals surface area contributed by atoms with Crippen LogP contribution in [0.15, 0.2) is 42.5 Å². The van der Waals surface area contributed by atoms with Crippen molar-refractivity contribution in [1.29, 1.82) is 0 Å². The van der Waals surface area contributed by atoms with Crippen molar-refractivity contribution in [2.45, 2.75) is 6.54 Å². The van der Waals surface area contributed by atoms with Gasteiger partial charge in [0.1, 0.15) is 11.5 Å². The van der Waals surface area contributed by atoms with Gasteiger partial charge in [0.15, 0.2) is 0 Å². The van der Waals surface area contributed by atoms with E-state index in [1.54, 1.807) is 14.2 Å². The zero-order valence-corrected chi connectivity index (χ0v) is 11.3. The average Bonchev–Trinajstić information content (AvgIpc) is 2.46. The highest BCUT2D eigenvalue weighted by Gasteiger charge is 2.09. The highest BCUT2D eigenvalue weighted by atomic mass is 16.5. The number of nitrogens with one attached hydrogen (secondary N) is 1. The van der Waals surface area contributed by atoms with Gasteiger partial charge in [-0.2, -0.15) is 0 Å². The van der Waals surface area contributed by atoms with Gasteiger partial charge in [-0.15, -0.1) is 0 Å². The number of benzene rings is 2. The molecule has 2 aromatic carbocycles. The number of hydrogen-bond donors (Lipinski definition) is 1. The summed E-state index contributed by atoms with van der Waals surface area (Å²) in [6.07, 6.45) is 0. The summed E-state index contributed by atoms with van der Waals surface area (Å²) < 4.78 is 10.7. The Kier molecular flexibility index (Phi) is 4.29. The van der Waals surface area contributed by atoms with Crippen molar-refractivity contribution >= 4 is 5.69 Å². The zero-order valence-electron chi connectivity index (χ0n) is 11.3. The molecule has 0 aliphatic carbocycles. The van der Waals surface area contributed by atoms with Crippen LogP contribution >= 0.6 is 0 Å². The molecule has 1 radical (unpaired) electrons. The predicted octanol–water partition coefficient (Wildman–Crippen LogP) is 3.50. The molecule has 0 saturated heterocycles. The van der Waals surface area contributed by atoms with Gasteiger partial charge >= 0.3 is 0 Å². The molecule has 1 N–H and O–H groups in total. The normalized spacial score (nSPS) is 10.1. The lowest BCUT2D eigenvalue weighted by atomic mass is 10.1. The Morgan fingerprint density at radius 1 is 0.947 bits per heavy atom. The van der Waals surface area contributed by atoms with Crippen LogP contribution in [0.4, 0.5) is 5.69 Å². The van der Waals surface area contributed by atoms with E-state index in [9.17, 15) is 0 Å². The Morgan fingerprint density at radius 3 is 2.16 bits per heavy atom. The fraction of sp³-hybridized carbons (Fsp3) is 0.188. The fourth-order valence-electron chi connectivity index (χ4n) is 1.98. The molecule has 0 aliphatic rings.